The second kappa shape index (κ2) is 4.86. The molecule has 124 valence electrons. The lowest BCUT2D eigenvalue weighted by Crippen LogP contribution is -2.57. The fraction of sp³-hybridized carbons (Fsp3) is 0.455. The second-order valence-electron chi connectivity index (χ2n) is 8.18. The highest BCUT2D eigenvalue weighted by Gasteiger charge is 2.49. The minimum Gasteiger partial charge on any atom is -0.456 e. The van der Waals surface area contributed by atoms with Gasteiger partial charge in [-0.2, -0.15) is 0 Å². The number of benzene rings is 2. The summed E-state index contributed by atoms with van der Waals surface area (Å²) in [6, 6.07) is 13.6. The van der Waals surface area contributed by atoms with Crippen LogP contribution in [0.2, 0.25) is 0 Å². The number of hydrogen-bond donors (Lipinski definition) is 0. The molecule has 3 aliphatic rings. The molecule has 3 aliphatic heterocycles. The van der Waals surface area contributed by atoms with E-state index in [0.717, 1.165) is 11.2 Å². The molecule has 3 aromatic rings. The maximum Gasteiger partial charge on any atom is 0.139 e. The van der Waals surface area contributed by atoms with E-state index >= 15 is 0 Å². The van der Waals surface area contributed by atoms with Crippen molar-refractivity contribution in [3.05, 3.63) is 47.5 Å². The number of rotatable bonds is 1. The number of furan rings is 1. The van der Waals surface area contributed by atoms with Gasteiger partial charge in [0.25, 0.3) is 0 Å². The summed E-state index contributed by atoms with van der Waals surface area (Å²) in [5.74, 6) is 0.560. The largest absolute Gasteiger partial charge is 0.456 e. The number of para-hydroxylation sites is 1. The molecule has 2 aromatic carbocycles. The Bertz CT molecular complexity index is 930. The Kier molecular flexibility index (Phi) is 2.94. The van der Waals surface area contributed by atoms with Crippen molar-refractivity contribution < 1.29 is 4.42 Å². The van der Waals surface area contributed by atoms with Crippen LogP contribution in [0.5, 0.6) is 0 Å². The maximum atomic E-state index is 6.40. The molecule has 0 spiro atoms. The third kappa shape index (κ3) is 1.81. The van der Waals surface area contributed by atoms with Gasteiger partial charge in [0.1, 0.15) is 11.2 Å². The van der Waals surface area contributed by atoms with E-state index in [0.29, 0.717) is 17.4 Å². The van der Waals surface area contributed by atoms with Gasteiger partial charge in [-0.25, -0.2) is 0 Å². The van der Waals surface area contributed by atoms with E-state index in [1.165, 1.54) is 47.8 Å². The SMILES string of the molecule is Cc1ccc2c(oc3ccccc32)c1C1C(C)N2CCC1(C)CC2. The van der Waals surface area contributed by atoms with Crippen LogP contribution in [0.4, 0.5) is 0 Å². The summed E-state index contributed by atoms with van der Waals surface area (Å²) in [7, 11) is 0. The van der Waals surface area contributed by atoms with Crippen LogP contribution in [0.15, 0.2) is 40.8 Å². The lowest BCUT2D eigenvalue weighted by molar-refractivity contribution is -0.0267. The summed E-state index contributed by atoms with van der Waals surface area (Å²) in [6.45, 7) is 9.69. The van der Waals surface area contributed by atoms with Crippen LogP contribution in [-0.2, 0) is 0 Å². The highest BCUT2D eigenvalue weighted by atomic mass is 16.3. The summed E-state index contributed by atoms with van der Waals surface area (Å²) in [6.07, 6.45) is 2.61. The minimum absolute atomic E-state index is 0.395. The topological polar surface area (TPSA) is 16.4 Å². The molecular weight excluding hydrogens is 294 g/mol. The van der Waals surface area contributed by atoms with Gasteiger partial charge in [0.15, 0.2) is 0 Å². The lowest BCUT2D eigenvalue weighted by atomic mass is 9.60. The van der Waals surface area contributed by atoms with E-state index < -0.39 is 0 Å². The molecule has 6 rings (SSSR count). The molecule has 0 N–H and O–H groups in total. The van der Waals surface area contributed by atoms with Gasteiger partial charge in [0.05, 0.1) is 0 Å². The number of fused-ring (bicyclic) bond motifs is 6. The Morgan fingerprint density at radius 2 is 1.79 bits per heavy atom. The van der Waals surface area contributed by atoms with Crippen molar-refractivity contribution in [1.29, 1.82) is 0 Å². The van der Waals surface area contributed by atoms with Gasteiger partial charge < -0.3 is 4.42 Å². The monoisotopic (exact) mass is 319 g/mol. The summed E-state index contributed by atoms with van der Waals surface area (Å²) in [4.78, 5) is 2.68. The number of piperidine rings is 3. The van der Waals surface area contributed by atoms with Crippen LogP contribution in [0.3, 0.4) is 0 Å². The molecule has 2 unspecified atom stereocenters. The van der Waals surface area contributed by atoms with Crippen molar-refractivity contribution in [2.75, 3.05) is 13.1 Å². The molecule has 24 heavy (non-hydrogen) atoms. The highest BCUT2D eigenvalue weighted by molar-refractivity contribution is 6.06. The quantitative estimate of drug-likeness (QED) is 0.590. The molecule has 0 aliphatic carbocycles. The summed E-state index contributed by atoms with van der Waals surface area (Å²) < 4.78 is 6.40. The summed E-state index contributed by atoms with van der Waals surface area (Å²) in [5.41, 5.74) is 5.38. The molecular formula is C22H25NO. The standard InChI is InChI=1S/C22H25NO/c1-14-8-9-17-16-6-4-5-7-18(16)24-21(17)19(14)20-15(2)23-12-10-22(20,3)11-13-23/h4-9,15,20H,10-13H2,1-3H3. The fourth-order valence-electron chi connectivity index (χ4n) is 5.43. The van der Waals surface area contributed by atoms with Crippen molar-refractivity contribution >= 4 is 21.9 Å². The molecule has 2 nitrogen and oxygen atoms in total. The van der Waals surface area contributed by atoms with Crippen LogP contribution in [0, 0.1) is 12.3 Å². The van der Waals surface area contributed by atoms with E-state index in [1.807, 2.05) is 0 Å². The molecule has 0 radical (unpaired) electrons. The van der Waals surface area contributed by atoms with Crippen LogP contribution in [0.25, 0.3) is 21.9 Å². The molecule has 2 heteroatoms. The lowest BCUT2D eigenvalue weighted by Gasteiger charge is -2.56. The maximum absolute atomic E-state index is 6.40. The van der Waals surface area contributed by atoms with Gasteiger partial charge in [0.2, 0.25) is 0 Å². The van der Waals surface area contributed by atoms with E-state index in [4.69, 9.17) is 4.42 Å². The zero-order chi connectivity index (χ0) is 16.5. The molecule has 2 bridgehead atoms. The highest BCUT2D eigenvalue weighted by Crippen LogP contribution is 2.54. The average molecular weight is 319 g/mol. The second-order valence-corrected chi connectivity index (χ2v) is 8.18. The van der Waals surface area contributed by atoms with Gasteiger partial charge in [-0.1, -0.05) is 37.3 Å². The Labute approximate surface area is 143 Å². The molecule has 0 saturated carbocycles. The van der Waals surface area contributed by atoms with Gasteiger partial charge >= 0.3 is 0 Å². The Hall–Kier alpha value is -1.80. The van der Waals surface area contributed by atoms with Crippen molar-refractivity contribution in [3.8, 4) is 0 Å². The van der Waals surface area contributed by atoms with Gasteiger partial charge in [-0.3, -0.25) is 4.90 Å². The predicted molar refractivity (Wildman–Crippen MR) is 99.6 cm³/mol. The van der Waals surface area contributed by atoms with E-state index in [1.54, 1.807) is 0 Å². The third-order valence-corrected chi connectivity index (χ3v) is 6.86. The summed E-state index contributed by atoms with van der Waals surface area (Å²) >= 11 is 0. The van der Waals surface area contributed by atoms with Crippen molar-refractivity contribution in [3.63, 3.8) is 0 Å². The van der Waals surface area contributed by atoms with Crippen LogP contribution < -0.4 is 0 Å². The van der Waals surface area contributed by atoms with Gasteiger partial charge in [-0.05, 0) is 56.8 Å². The first-order valence-corrected chi connectivity index (χ1v) is 9.23. The van der Waals surface area contributed by atoms with Crippen LogP contribution in [0.1, 0.15) is 43.7 Å². The first-order valence-electron chi connectivity index (χ1n) is 9.23. The number of nitrogens with zero attached hydrogens (tertiary/aromatic N) is 1. The summed E-state index contributed by atoms with van der Waals surface area (Å²) in [5, 5.41) is 2.52. The Morgan fingerprint density at radius 1 is 1.04 bits per heavy atom. The Balaban J connectivity index is 1.81. The van der Waals surface area contributed by atoms with Crippen LogP contribution >= 0.6 is 0 Å². The van der Waals surface area contributed by atoms with Gasteiger partial charge in [0, 0.05) is 28.3 Å². The van der Waals surface area contributed by atoms with E-state index in [9.17, 15) is 0 Å². The molecule has 4 heterocycles. The smallest absolute Gasteiger partial charge is 0.139 e. The molecule has 3 saturated heterocycles. The first kappa shape index (κ1) is 14.5. The first-order chi connectivity index (χ1) is 11.6. The van der Waals surface area contributed by atoms with Crippen molar-refractivity contribution in [2.24, 2.45) is 5.41 Å². The zero-order valence-corrected chi connectivity index (χ0v) is 14.8. The molecule has 1 aromatic heterocycles. The van der Waals surface area contributed by atoms with Crippen molar-refractivity contribution in [1.82, 2.24) is 4.90 Å². The average Bonchev–Trinajstić information content (AvgIpc) is 2.95. The molecule has 2 atom stereocenters. The van der Waals surface area contributed by atoms with Crippen LogP contribution in [-0.4, -0.2) is 24.0 Å². The van der Waals surface area contributed by atoms with Gasteiger partial charge in [-0.15, -0.1) is 0 Å². The third-order valence-electron chi connectivity index (χ3n) is 6.86. The fourth-order valence-corrected chi connectivity index (χ4v) is 5.43. The van der Waals surface area contributed by atoms with Crippen molar-refractivity contribution in [2.45, 2.75) is 45.6 Å². The Morgan fingerprint density at radius 3 is 2.54 bits per heavy atom. The molecule has 0 amide bonds. The normalized spacial score (nSPS) is 32.7. The zero-order valence-electron chi connectivity index (χ0n) is 14.8. The number of hydrogen-bond acceptors (Lipinski definition) is 2. The van der Waals surface area contributed by atoms with E-state index in [2.05, 4.69) is 62.1 Å². The minimum atomic E-state index is 0.395. The van der Waals surface area contributed by atoms with E-state index in [-0.39, 0.29) is 0 Å². The molecule has 3 fully saturated rings. The number of aryl methyl sites for hydroxylation is 1. The predicted octanol–water partition coefficient (Wildman–Crippen LogP) is 5.48.